The predicted octanol–water partition coefficient (Wildman–Crippen LogP) is 3.60. The monoisotopic (exact) mass is 434 g/mol. The average Bonchev–Trinajstić information content (AvgIpc) is 3.32. The van der Waals surface area contributed by atoms with Gasteiger partial charge in [-0.25, -0.2) is 0 Å². The highest BCUT2D eigenvalue weighted by molar-refractivity contribution is 6.01. The van der Waals surface area contributed by atoms with Gasteiger partial charge in [-0.2, -0.15) is 10.2 Å². The number of carbonyl (C=O) groups excluding carboxylic acids is 2. The highest BCUT2D eigenvalue weighted by atomic mass is 16.2. The Hall–Kier alpha value is -3.42. The van der Waals surface area contributed by atoms with E-state index in [1.807, 2.05) is 38.1 Å². The second kappa shape index (κ2) is 8.26. The lowest BCUT2D eigenvalue weighted by Crippen LogP contribution is -2.56. The summed E-state index contributed by atoms with van der Waals surface area (Å²) < 4.78 is 1.51. The lowest BCUT2D eigenvalue weighted by molar-refractivity contribution is -0.122. The number of hydrogen-bond acceptors (Lipinski definition) is 4. The molecule has 0 radical (unpaired) electrons. The molecule has 2 amide bonds. The number of nitrogens with one attached hydrogen (secondary N) is 3. The molecule has 1 aliphatic carbocycles. The molecular weight excluding hydrogens is 404 g/mol. The van der Waals surface area contributed by atoms with E-state index >= 15 is 0 Å². The van der Waals surface area contributed by atoms with Crippen LogP contribution in [0, 0.1) is 25.2 Å². The van der Waals surface area contributed by atoms with Gasteiger partial charge in [-0.1, -0.05) is 26.0 Å². The van der Waals surface area contributed by atoms with E-state index in [0.717, 1.165) is 35.4 Å². The van der Waals surface area contributed by atoms with Gasteiger partial charge in [0.15, 0.2) is 0 Å². The number of carbonyl (C=O) groups is 2. The van der Waals surface area contributed by atoms with Gasteiger partial charge in [0, 0.05) is 30.2 Å². The van der Waals surface area contributed by atoms with Crippen LogP contribution in [0.15, 0.2) is 36.5 Å². The lowest BCUT2D eigenvalue weighted by atomic mass is 9.59. The Morgan fingerprint density at radius 1 is 1.19 bits per heavy atom. The topological polar surface area (TPSA) is 105 Å². The normalized spacial score (nSPS) is 18.0. The smallest absolute Gasteiger partial charge is 0.270 e. The molecule has 3 aromatic rings. The Balaban J connectivity index is 1.52. The van der Waals surface area contributed by atoms with E-state index in [1.165, 1.54) is 4.68 Å². The summed E-state index contributed by atoms with van der Waals surface area (Å²) in [5.74, 6) is -0.439. The number of anilines is 1. The molecule has 1 aliphatic rings. The summed E-state index contributed by atoms with van der Waals surface area (Å²) in [5.41, 5.74) is 5.15. The number of H-pyrrole nitrogens is 1. The van der Waals surface area contributed by atoms with Crippen LogP contribution in [0.1, 0.15) is 48.6 Å². The molecule has 0 saturated heterocycles. The fourth-order valence-corrected chi connectivity index (χ4v) is 4.58. The van der Waals surface area contributed by atoms with Crippen molar-refractivity contribution < 1.29 is 9.59 Å². The molecule has 3 N–H and O–H groups in total. The molecule has 2 atom stereocenters. The SMILES string of the molecule is Cc1n[nH]c(C)c1-c1ccc(NC(=O)[C@@H](NC(=O)c2ccnn2C)C2CCC2(C)C)cc1. The van der Waals surface area contributed by atoms with E-state index in [-0.39, 0.29) is 23.1 Å². The van der Waals surface area contributed by atoms with E-state index < -0.39 is 6.04 Å². The second-order valence-corrected chi connectivity index (χ2v) is 9.30. The molecule has 0 aliphatic heterocycles. The van der Waals surface area contributed by atoms with E-state index in [9.17, 15) is 9.59 Å². The molecule has 8 heteroatoms. The second-order valence-electron chi connectivity index (χ2n) is 9.30. The van der Waals surface area contributed by atoms with Crippen molar-refractivity contribution in [3.8, 4) is 11.1 Å². The Labute approximate surface area is 187 Å². The molecule has 0 spiro atoms. The molecule has 2 heterocycles. The van der Waals surface area contributed by atoms with Gasteiger partial charge in [-0.15, -0.1) is 0 Å². The van der Waals surface area contributed by atoms with Crippen LogP contribution >= 0.6 is 0 Å². The van der Waals surface area contributed by atoms with Crippen molar-refractivity contribution in [2.45, 2.75) is 46.6 Å². The van der Waals surface area contributed by atoms with Crippen molar-refractivity contribution in [3.05, 3.63) is 53.6 Å². The third kappa shape index (κ3) is 4.04. The molecular formula is C24H30N6O2. The number of aromatic amines is 1. The van der Waals surface area contributed by atoms with Crippen LogP contribution in [-0.2, 0) is 11.8 Å². The first kappa shape index (κ1) is 21.8. The Bertz CT molecular complexity index is 1120. The Kier molecular flexibility index (Phi) is 5.62. The largest absolute Gasteiger partial charge is 0.339 e. The number of amides is 2. The van der Waals surface area contributed by atoms with Gasteiger partial charge >= 0.3 is 0 Å². The molecule has 1 aromatic carbocycles. The number of aryl methyl sites for hydroxylation is 3. The third-order valence-corrected chi connectivity index (χ3v) is 6.70. The summed E-state index contributed by atoms with van der Waals surface area (Å²) >= 11 is 0. The van der Waals surface area contributed by atoms with Gasteiger partial charge in [-0.05, 0) is 61.8 Å². The van der Waals surface area contributed by atoms with E-state index in [4.69, 9.17) is 0 Å². The fourth-order valence-electron chi connectivity index (χ4n) is 4.58. The summed E-state index contributed by atoms with van der Waals surface area (Å²) in [6.45, 7) is 8.23. The predicted molar refractivity (Wildman–Crippen MR) is 123 cm³/mol. The van der Waals surface area contributed by atoms with Gasteiger partial charge in [0.2, 0.25) is 5.91 Å². The zero-order chi connectivity index (χ0) is 23.0. The van der Waals surface area contributed by atoms with E-state index in [2.05, 4.69) is 39.8 Å². The number of hydrogen-bond donors (Lipinski definition) is 3. The van der Waals surface area contributed by atoms with Gasteiger partial charge < -0.3 is 10.6 Å². The maximum Gasteiger partial charge on any atom is 0.270 e. The summed E-state index contributed by atoms with van der Waals surface area (Å²) in [6.07, 6.45) is 3.50. The summed E-state index contributed by atoms with van der Waals surface area (Å²) in [7, 11) is 1.71. The molecule has 1 fully saturated rings. The minimum Gasteiger partial charge on any atom is -0.339 e. The molecule has 8 nitrogen and oxygen atoms in total. The van der Waals surface area contributed by atoms with Crippen molar-refractivity contribution in [2.75, 3.05) is 5.32 Å². The summed E-state index contributed by atoms with van der Waals surface area (Å²) in [5, 5.41) is 17.3. The molecule has 0 bridgehead atoms. The molecule has 168 valence electrons. The van der Waals surface area contributed by atoms with Crippen LogP contribution in [0.25, 0.3) is 11.1 Å². The lowest BCUT2D eigenvalue weighted by Gasteiger charge is -2.48. The van der Waals surface area contributed by atoms with Crippen molar-refractivity contribution >= 4 is 17.5 Å². The maximum absolute atomic E-state index is 13.3. The first-order valence-corrected chi connectivity index (χ1v) is 10.9. The van der Waals surface area contributed by atoms with Crippen LogP contribution < -0.4 is 10.6 Å². The number of rotatable bonds is 6. The fraction of sp³-hybridized carbons (Fsp3) is 0.417. The quantitative estimate of drug-likeness (QED) is 0.551. The zero-order valence-corrected chi connectivity index (χ0v) is 19.2. The van der Waals surface area contributed by atoms with E-state index in [0.29, 0.717) is 11.4 Å². The first-order chi connectivity index (χ1) is 15.2. The van der Waals surface area contributed by atoms with Crippen molar-refractivity contribution in [3.63, 3.8) is 0 Å². The molecule has 32 heavy (non-hydrogen) atoms. The van der Waals surface area contributed by atoms with Gasteiger partial charge in [-0.3, -0.25) is 19.4 Å². The van der Waals surface area contributed by atoms with Crippen LogP contribution in [0.5, 0.6) is 0 Å². The highest BCUT2D eigenvalue weighted by Crippen LogP contribution is 2.48. The Morgan fingerprint density at radius 2 is 1.91 bits per heavy atom. The average molecular weight is 435 g/mol. The minimum absolute atomic E-state index is 0.0120. The van der Waals surface area contributed by atoms with E-state index in [1.54, 1.807) is 19.3 Å². The summed E-state index contributed by atoms with van der Waals surface area (Å²) in [4.78, 5) is 26.1. The van der Waals surface area contributed by atoms with Gasteiger partial charge in [0.25, 0.3) is 5.91 Å². The molecule has 1 unspecified atom stereocenters. The standard InChI is InChI=1S/C24H30N6O2/c1-14-20(15(2)29-28-14)16-6-8-17(9-7-16)26-23(32)21(18-10-12-24(18,3)4)27-22(31)19-11-13-25-30(19)5/h6-9,11,13,18,21H,10,12H2,1-5H3,(H,26,32)(H,27,31)(H,28,29)/t18?,21-/m0/s1. The molecule has 4 rings (SSSR count). The maximum atomic E-state index is 13.3. The number of aromatic nitrogens is 4. The molecule has 1 saturated carbocycles. The highest BCUT2D eigenvalue weighted by Gasteiger charge is 2.46. The van der Waals surface area contributed by atoms with Crippen molar-refractivity contribution in [2.24, 2.45) is 18.4 Å². The molecule has 2 aromatic heterocycles. The summed E-state index contributed by atoms with van der Waals surface area (Å²) in [6, 6.07) is 8.72. The van der Waals surface area contributed by atoms with Crippen molar-refractivity contribution in [1.29, 1.82) is 0 Å². The van der Waals surface area contributed by atoms with Crippen LogP contribution in [0.3, 0.4) is 0 Å². The van der Waals surface area contributed by atoms with Gasteiger partial charge in [0.05, 0.1) is 5.69 Å². The van der Waals surface area contributed by atoms with Crippen LogP contribution in [-0.4, -0.2) is 37.8 Å². The van der Waals surface area contributed by atoms with Crippen molar-refractivity contribution in [1.82, 2.24) is 25.3 Å². The number of nitrogens with zero attached hydrogens (tertiary/aromatic N) is 3. The van der Waals surface area contributed by atoms with Gasteiger partial charge in [0.1, 0.15) is 11.7 Å². The third-order valence-electron chi connectivity index (χ3n) is 6.70. The van der Waals surface area contributed by atoms with Crippen LogP contribution in [0.4, 0.5) is 5.69 Å². The number of benzene rings is 1. The van der Waals surface area contributed by atoms with Crippen LogP contribution in [0.2, 0.25) is 0 Å². The minimum atomic E-state index is -0.626. The zero-order valence-electron chi connectivity index (χ0n) is 19.2. The Morgan fingerprint density at radius 3 is 2.41 bits per heavy atom. The first-order valence-electron chi connectivity index (χ1n) is 10.9.